The topological polar surface area (TPSA) is 122 Å². The molecular formula is C19H29N3O6S. The summed E-state index contributed by atoms with van der Waals surface area (Å²) in [4.78, 5) is 36.6. The van der Waals surface area contributed by atoms with Gasteiger partial charge < -0.3 is 15.0 Å². The highest BCUT2D eigenvalue weighted by molar-refractivity contribution is 7.89. The van der Waals surface area contributed by atoms with Crippen LogP contribution < -0.4 is 10.0 Å². The first-order valence-corrected chi connectivity index (χ1v) is 10.8. The van der Waals surface area contributed by atoms with Gasteiger partial charge in [0.1, 0.15) is 0 Å². The molecule has 0 aromatic heterocycles. The van der Waals surface area contributed by atoms with Gasteiger partial charge in [-0.2, -0.15) is 0 Å². The van der Waals surface area contributed by atoms with Crippen LogP contribution in [0.1, 0.15) is 41.0 Å². The van der Waals surface area contributed by atoms with Gasteiger partial charge in [-0.05, 0) is 52.0 Å². The Hall–Kier alpha value is -2.46. The molecule has 0 unspecified atom stereocenters. The van der Waals surface area contributed by atoms with E-state index in [1.165, 1.54) is 31.2 Å². The summed E-state index contributed by atoms with van der Waals surface area (Å²) in [7, 11) is -3.81. The van der Waals surface area contributed by atoms with E-state index in [1.54, 1.807) is 4.90 Å². The Morgan fingerprint density at radius 3 is 2.07 bits per heavy atom. The molecule has 0 heterocycles. The molecule has 0 aliphatic rings. The van der Waals surface area contributed by atoms with E-state index in [0.717, 1.165) is 0 Å². The number of benzene rings is 1. The summed E-state index contributed by atoms with van der Waals surface area (Å²) >= 11 is 0. The molecule has 10 heteroatoms. The van der Waals surface area contributed by atoms with E-state index >= 15 is 0 Å². The minimum absolute atomic E-state index is 0.000319. The molecule has 1 aromatic carbocycles. The van der Waals surface area contributed by atoms with Crippen molar-refractivity contribution < 1.29 is 27.5 Å². The predicted molar refractivity (Wildman–Crippen MR) is 109 cm³/mol. The van der Waals surface area contributed by atoms with Gasteiger partial charge in [-0.25, -0.2) is 13.1 Å². The molecule has 9 nitrogen and oxygen atoms in total. The molecule has 0 radical (unpaired) electrons. The van der Waals surface area contributed by atoms with Crippen LogP contribution >= 0.6 is 0 Å². The smallest absolute Gasteiger partial charge is 0.307 e. The maximum Gasteiger partial charge on any atom is 0.307 e. The highest BCUT2D eigenvalue weighted by Crippen LogP contribution is 2.14. The summed E-state index contributed by atoms with van der Waals surface area (Å²) in [5.41, 5.74) is 0.474. The first-order valence-electron chi connectivity index (χ1n) is 9.28. The van der Waals surface area contributed by atoms with Gasteiger partial charge in [0.25, 0.3) is 5.91 Å². The molecule has 29 heavy (non-hydrogen) atoms. The second-order valence-electron chi connectivity index (χ2n) is 7.00. The fourth-order valence-corrected chi connectivity index (χ4v) is 3.78. The summed E-state index contributed by atoms with van der Waals surface area (Å²) in [6.07, 6.45) is -0.208. The molecule has 2 amide bonds. The largest absolute Gasteiger partial charge is 0.456 e. The van der Waals surface area contributed by atoms with Crippen LogP contribution in [0.2, 0.25) is 0 Å². The molecule has 0 aliphatic carbocycles. The number of rotatable bonds is 10. The number of hydrogen-bond acceptors (Lipinski definition) is 6. The lowest BCUT2D eigenvalue weighted by atomic mass is 10.2. The first kappa shape index (κ1) is 24.6. The molecular weight excluding hydrogens is 398 g/mol. The maximum atomic E-state index is 12.2. The molecule has 0 fully saturated rings. The predicted octanol–water partition coefficient (Wildman–Crippen LogP) is 1.50. The lowest BCUT2D eigenvalue weighted by Crippen LogP contribution is -2.44. The van der Waals surface area contributed by atoms with E-state index in [1.807, 2.05) is 27.7 Å². The standard InChI is InChI=1S/C19H29N3O6S/c1-13(2)22(14(3)4)18(24)12-28-19(25)10-11-20-29(26,27)17-8-6-16(7-9-17)21-15(5)23/h6-9,13-14,20H,10-12H2,1-5H3,(H,21,23). The molecule has 0 saturated carbocycles. The van der Waals surface area contributed by atoms with Gasteiger partial charge in [-0.15, -0.1) is 0 Å². The Bertz CT molecular complexity index is 811. The second kappa shape index (κ2) is 10.9. The monoisotopic (exact) mass is 427 g/mol. The first-order chi connectivity index (χ1) is 13.4. The average molecular weight is 428 g/mol. The van der Waals surface area contributed by atoms with Crippen LogP contribution in [0, 0.1) is 0 Å². The number of hydrogen-bond donors (Lipinski definition) is 2. The van der Waals surface area contributed by atoms with Crippen LogP contribution in [0.3, 0.4) is 0 Å². The van der Waals surface area contributed by atoms with Crippen LogP contribution in [-0.4, -0.2) is 56.3 Å². The number of sulfonamides is 1. The van der Waals surface area contributed by atoms with E-state index in [0.29, 0.717) is 5.69 Å². The molecule has 1 aromatic rings. The molecule has 0 spiro atoms. The summed E-state index contributed by atoms with van der Waals surface area (Å²) < 4.78 is 31.7. The van der Waals surface area contributed by atoms with Crippen LogP contribution in [-0.2, 0) is 29.1 Å². The number of anilines is 1. The van der Waals surface area contributed by atoms with Gasteiger partial charge in [0.2, 0.25) is 15.9 Å². The van der Waals surface area contributed by atoms with Gasteiger partial charge in [0.05, 0.1) is 11.3 Å². The molecule has 0 bridgehead atoms. The highest BCUT2D eigenvalue weighted by atomic mass is 32.2. The molecule has 0 aliphatic heterocycles. The minimum atomic E-state index is -3.81. The second-order valence-corrected chi connectivity index (χ2v) is 8.77. The molecule has 0 saturated heterocycles. The van der Waals surface area contributed by atoms with Crippen molar-refractivity contribution in [2.24, 2.45) is 0 Å². The van der Waals surface area contributed by atoms with Crippen molar-refractivity contribution in [1.29, 1.82) is 0 Å². The maximum absolute atomic E-state index is 12.2. The normalized spacial score (nSPS) is 11.4. The number of carbonyl (C=O) groups excluding carboxylic acids is 3. The Balaban J connectivity index is 2.50. The minimum Gasteiger partial charge on any atom is -0.456 e. The van der Waals surface area contributed by atoms with Crippen molar-refractivity contribution in [3.8, 4) is 0 Å². The lowest BCUT2D eigenvalue weighted by Gasteiger charge is -2.30. The summed E-state index contributed by atoms with van der Waals surface area (Å²) in [6, 6.07) is 5.57. The third-order valence-corrected chi connectivity index (χ3v) is 5.34. The fourth-order valence-electron chi connectivity index (χ4n) is 2.75. The van der Waals surface area contributed by atoms with Crippen LogP contribution in [0.25, 0.3) is 0 Å². The number of nitrogens with zero attached hydrogens (tertiary/aromatic N) is 1. The zero-order valence-corrected chi connectivity index (χ0v) is 18.2. The van der Waals surface area contributed by atoms with Crippen LogP contribution in [0.5, 0.6) is 0 Å². The van der Waals surface area contributed by atoms with Gasteiger partial charge in [0.15, 0.2) is 6.61 Å². The van der Waals surface area contributed by atoms with E-state index in [4.69, 9.17) is 4.74 Å². The quantitative estimate of drug-likeness (QED) is 0.546. The van der Waals surface area contributed by atoms with Crippen molar-refractivity contribution in [3.63, 3.8) is 0 Å². The Kier molecular flexibility index (Phi) is 9.25. The zero-order valence-electron chi connectivity index (χ0n) is 17.4. The molecule has 0 atom stereocenters. The lowest BCUT2D eigenvalue weighted by molar-refractivity contribution is -0.153. The summed E-state index contributed by atoms with van der Waals surface area (Å²) in [6.45, 7) is 8.29. The summed E-state index contributed by atoms with van der Waals surface area (Å²) in [5, 5.41) is 2.54. The van der Waals surface area contributed by atoms with Gasteiger partial charge in [0, 0.05) is 31.2 Å². The number of amides is 2. The van der Waals surface area contributed by atoms with E-state index in [-0.39, 0.29) is 48.4 Å². The molecule has 162 valence electrons. The SMILES string of the molecule is CC(=O)Nc1ccc(S(=O)(=O)NCCC(=O)OCC(=O)N(C(C)C)C(C)C)cc1. The van der Waals surface area contributed by atoms with E-state index in [9.17, 15) is 22.8 Å². The number of carbonyl (C=O) groups is 3. The van der Waals surface area contributed by atoms with Crippen LogP contribution in [0.4, 0.5) is 5.69 Å². The van der Waals surface area contributed by atoms with Gasteiger partial charge >= 0.3 is 5.97 Å². The van der Waals surface area contributed by atoms with Crippen molar-refractivity contribution in [2.75, 3.05) is 18.5 Å². The van der Waals surface area contributed by atoms with Gasteiger partial charge in [-0.1, -0.05) is 0 Å². The Labute approximate surface area is 171 Å². The van der Waals surface area contributed by atoms with E-state index < -0.39 is 16.0 Å². The highest BCUT2D eigenvalue weighted by Gasteiger charge is 2.21. The summed E-state index contributed by atoms with van der Waals surface area (Å²) in [5.74, 6) is -1.24. The third kappa shape index (κ3) is 8.20. The third-order valence-electron chi connectivity index (χ3n) is 3.86. The van der Waals surface area contributed by atoms with Crippen molar-refractivity contribution in [2.45, 2.75) is 58.0 Å². The van der Waals surface area contributed by atoms with Gasteiger partial charge in [-0.3, -0.25) is 14.4 Å². The van der Waals surface area contributed by atoms with Crippen molar-refractivity contribution >= 4 is 33.5 Å². The van der Waals surface area contributed by atoms with Crippen molar-refractivity contribution in [3.05, 3.63) is 24.3 Å². The van der Waals surface area contributed by atoms with Crippen molar-refractivity contribution in [1.82, 2.24) is 9.62 Å². The Morgan fingerprint density at radius 1 is 1.03 bits per heavy atom. The molecule has 2 N–H and O–H groups in total. The fraction of sp³-hybridized carbons (Fsp3) is 0.526. The number of esters is 1. The number of nitrogens with one attached hydrogen (secondary N) is 2. The molecule has 1 rings (SSSR count). The number of ether oxygens (including phenoxy) is 1. The Morgan fingerprint density at radius 2 is 1.59 bits per heavy atom. The zero-order chi connectivity index (χ0) is 22.2. The average Bonchev–Trinajstić information content (AvgIpc) is 2.59. The van der Waals surface area contributed by atoms with Crippen LogP contribution in [0.15, 0.2) is 29.2 Å². The van der Waals surface area contributed by atoms with E-state index in [2.05, 4.69) is 10.0 Å².